The van der Waals surface area contributed by atoms with Crippen molar-refractivity contribution in [3.05, 3.63) is 35.4 Å². The minimum Gasteiger partial charge on any atom is -0.393 e. The van der Waals surface area contributed by atoms with Gasteiger partial charge in [-0.25, -0.2) is 8.78 Å². The fourth-order valence-electron chi connectivity index (χ4n) is 1.97. The molecule has 1 aliphatic rings. The molecule has 0 unspecified atom stereocenters. The maximum Gasteiger partial charge on any atom is 0.126 e. The number of benzene rings is 1. The first-order valence-electron chi connectivity index (χ1n) is 4.62. The van der Waals surface area contributed by atoms with Gasteiger partial charge in [0.25, 0.3) is 0 Å². The van der Waals surface area contributed by atoms with Crippen LogP contribution in [0, 0.1) is 23.0 Å². The second-order valence-electron chi connectivity index (χ2n) is 3.91. The second kappa shape index (κ2) is 3.28. The molecule has 2 rings (SSSR count). The lowest BCUT2D eigenvalue weighted by Gasteiger charge is -2.40. The van der Waals surface area contributed by atoms with Crippen LogP contribution in [0.1, 0.15) is 18.4 Å². The number of nitrogens with zero attached hydrogens (tertiary/aromatic N) is 1. The summed E-state index contributed by atoms with van der Waals surface area (Å²) in [5.41, 5.74) is -0.602. The van der Waals surface area contributed by atoms with Crippen molar-refractivity contribution in [3.8, 4) is 6.07 Å². The van der Waals surface area contributed by atoms with Gasteiger partial charge in [0.05, 0.1) is 17.6 Å². The van der Waals surface area contributed by atoms with E-state index in [4.69, 9.17) is 5.26 Å². The van der Waals surface area contributed by atoms with Crippen LogP contribution in [-0.4, -0.2) is 11.2 Å². The quantitative estimate of drug-likeness (QED) is 0.767. The summed E-state index contributed by atoms with van der Waals surface area (Å²) in [6, 6.07) is 5.09. The Morgan fingerprint density at radius 3 is 2.20 bits per heavy atom. The van der Waals surface area contributed by atoms with Gasteiger partial charge in [-0.1, -0.05) is 0 Å². The van der Waals surface area contributed by atoms with Crippen molar-refractivity contribution < 1.29 is 13.9 Å². The molecule has 15 heavy (non-hydrogen) atoms. The van der Waals surface area contributed by atoms with Crippen LogP contribution in [-0.2, 0) is 5.41 Å². The van der Waals surface area contributed by atoms with Crippen molar-refractivity contribution >= 4 is 0 Å². The molecule has 0 radical (unpaired) electrons. The van der Waals surface area contributed by atoms with E-state index in [1.54, 1.807) is 0 Å². The highest BCUT2D eigenvalue weighted by Gasteiger charge is 2.45. The number of rotatable bonds is 1. The Hall–Kier alpha value is -1.47. The number of hydrogen-bond acceptors (Lipinski definition) is 2. The highest BCUT2D eigenvalue weighted by Crippen LogP contribution is 2.43. The molecule has 1 aromatic carbocycles. The molecular weight excluding hydrogens is 200 g/mol. The van der Waals surface area contributed by atoms with Crippen LogP contribution < -0.4 is 0 Å². The standard InChI is InChI=1S/C11H9F2NO/c12-8-1-7(2-9(13)3-8)11(6-14)4-10(15)5-11/h1-3,10,15H,4-5H2/t10-,11-. The minimum absolute atomic E-state index is 0.242. The molecule has 0 heterocycles. The Morgan fingerprint density at radius 2 is 1.80 bits per heavy atom. The summed E-state index contributed by atoms with van der Waals surface area (Å²) in [5.74, 6) is -1.39. The summed E-state index contributed by atoms with van der Waals surface area (Å²) in [7, 11) is 0. The summed E-state index contributed by atoms with van der Waals surface area (Å²) in [6.45, 7) is 0. The molecule has 0 aliphatic heterocycles. The third-order valence-electron chi connectivity index (χ3n) is 2.80. The topological polar surface area (TPSA) is 44.0 Å². The number of hydrogen-bond donors (Lipinski definition) is 1. The summed E-state index contributed by atoms with van der Waals surface area (Å²) < 4.78 is 25.9. The van der Waals surface area contributed by atoms with E-state index < -0.39 is 23.2 Å². The van der Waals surface area contributed by atoms with Crippen LogP contribution in [0.25, 0.3) is 0 Å². The highest BCUT2D eigenvalue weighted by molar-refractivity contribution is 5.37. The third-order valence-corrected chi connectivity index (χ3v) is 2.80. The summed E-state index contributed by atoms with van der Waals surface area (Å²) in [4.78, 5) is 0. The van der Waals surface area contributed by atoms with Gasteiger partial charge >= 0.3 is 0 Å². The lowest BCUT2D eigenvalue weighted by atomic mass is 9.64. The first kappa shape index (κ1) is 10.1. The minimum atomic E-state index is -0.914. The lowest BCUT2D eigenvalue weighted by Crippen LogP contribution is -2.43. The molecule has 0 aromatic heterocycles. The molecule has 0 atom stereocenters. The molecule has 78 valence electrons. The normalized spacial score (nSPS) is 29.3. The zero-order valence-electron chi connectivity index (χ0n) is 7.87. The van der Waals surface area contributed by atoms with Gasteiger partial charge in [0.2, 0.25) is 0 Å². The number of nitriles is 1. The lowest BCUT2D eigenvalue weighted by molar-refractivity contribution is 0.0445. The fourth-order valence-corrected chi connectivity index (χ4v) is 1.97. The molecule has 1 aliphatic carbocycles. The van der Waals surface area contributed by atoms with Crippen molar-refractivity contribution in [1.82, 2.24) is 0 Å². The van der Waals surface area contributed by atoms with Crippen molar-refractivity contribution in [1.29, 1.82) is 5.26 Å². The number of aliphatic hydroxyl groups excluding tert-OH is 1. The third kappa shape index (κ3) is 1.59. The Kier molecular flexibility index (Phi) is 2.20. The van der Waals surface area contributed by atoms with E-state index in [0.717, 1.165) is 18.2 Å². The zero-order chi connectivity index (χ0) is 11.1. The van der Waals surface area contributed by atoms with Gasteiger partial charge in [-0.15, -0.1) is 0 Å². The van der Waals surface area contributed by atoms with Gasteiger partial charge in [0, 0.05) is 6.07 Å². The Labute approximate surface area is 85.8 Å². The maximum atomic E-state index is 12.9. The monoisotopic (exact) mass is 209 g/mol. The van der Waals surface area contributed by atoms with Gasteiger partial charge in [0.15, 0.2) is 0 Å². The molecule has 0 bridgehead atoms. The maximum absolute atomic E-state index is 12.9. The van der Waals surface area contributed by atoms with Gasteiger partial charge in [-0.2, -0.15) is 5.26 Å². The fraction of sp³-hybridized carbons (Fsp3) is 0.364. The van der Waals surface area contributed by atoms with Crippen LogP contribution in [0.2, 0.25) is 0 Å². The van der Waals surface area contributed by atoms with Crippen molar-refractivity contribution in [2.45, 2.75) is 24.4 Å². The summed E-state index contributed by atoms with van der Waals surface area (Å²) in [6.07, 6.45) is -0.0605. The second-order valence-corrected chi connectivity index (χ2v) is 3.91. The van der Waals surface area contributed by atoms with E-state index in [9.17, 15) is 13.9 Å². The van der Waals surface area contributed by atoms with E-state index in [0.29, 0.717) is 5.56 Å². The molecule has 1 aromatic rings. The predicted octanol–water partition coefficient (Wildman–Crippen LogP) is 1.88. The average molecular weight is 209 g/mol. The predicted molar refractivity (Wildman–Crippen MR) is 48.9 cm³/mol. The van der Waals surface area contributed by atoms with Crippen LogP contribution in [0.15, 0.2) is 18.2 Å². The Bertz CT molecular complexity index is 412. The number of halogens is 2. The van der Waals surface area contributed by atoms with Crippen LogP contribution >= 0.6 is 0 Å². The SMILES string of the molecule is N#C[C@]1(c2cc(F)cc(F)c2)C[C@H](O)C1. The summed E-state index contributed by atoms with van der Waals surface area (Å²) >= 11 is 0. The van der Waals surface area contributed by atoms with Crippen molar-refractivity contribution in [2.75, 3.05) is 0 Å². The van der Waals surface area contributed by atoms with E-state index in [-0.39, 0.29) is 12.8 Å². The molecule has 0 saturated heterocycles. The van der Waals surface area contributed by atoms with E-state index in [1.165, 1.54) is 0 Å². The molecule has 4 heteroatoms. The Morgan fingerprint density at radius 1 is 1.27 bits per heavy atom. The largest absolute Gasteiger partial charge is 0.393 e. The van der Waals surface area contributed by atoms with Crippen LogP contribution in [0.3, 0.4) is 0 Å². The van der Waals surface area contributed by atoms with Gasteiger partial charge in [-0.3, -0.25) is 0 Å². The van der Waals surface area contributed by atoms with E-state index in [2.05, 4.69) is 0 Å². The molecule has 1 N–H and O–H groups in total. The van der Waals surface area contributed by atoms with Crippen molar-refractivity contribution in [3.63, 3.8) is 0 Å². The molecule has 0 spiro atoms. The first-order valence-corrected chi connectivity index (χ1v) is 4.62. The van der Waals surface area contributed by atoms with Crippen LogP contribution in [0.5, 0.6) is 0 Å². The highest BCUT2D eigenvalue weighted by atomic mass is 19.1. The van der Waals surface area contributed by atoms with E-state index in [1.807, 2.05) is 6.07 Å². The number of aliphatic hydroxyl groups is 1. The molecule has 1 saturated carbocycles. The van der Waals surface area contributed by atoms with Crippen molar-refractivity contribution in [2.24, 2.45) is 0 Å². The zero-order valence-corrected chi connectivity index (χ0v) is 7.87. The summed E-state index contributed by atoms with van der Waals surface area (Å²) in [5, 5.41) is 18.2. The van der Waals surface area contributed by atoms with Gasteiger partial charge in [0.1, 0.15) is 11.6 Å². The van der Waals surface area contributed by atoms with Gasteiger partial charge < -0.3 is 5.11 Å². The smallest absolute Gasteiger partial charge is 0.126 e. The van der Waals surface area contributed by atoms with Gasteiger partial charge in [-0.05, 0) is 30.5 Å². The first-order chi connectivity index (χ1) is 7.05. The molecule has 1 fully saturated rings. The van der Waals surface area contributed by atoms with E-state index >= 15 is 0 Å². The van der Waals surface area contributed by atoms with Crippen LogP contribution in [0.4, 0.5) is 8.78 Å². The molecular formula is C11H9F2NO. The molecule has 2 nitrogen and oxygen atoms in total. The average Bonchev–Trinajstić information content (AvgIpc) is 2.10. The Balaban J connectivity index is 2.41. The molecule has 0 amide bonds.